The molecule has 0 saturated heterocycles. The quantitative estimate of drug-likeness (QED) is 0.405. The molecule has 0 aromatic rings. The normalized spacial score (nSPS) is 12.7. The van der Waals surface area contributed by atoms with Crippen LogP contribution in [0, 0.1) is 0 Å². The SMILES string of the molecule is N.NCC(S(=O)(=O)O)S(=O)(=O)O. The van der Waals surface area contributed by atoms with Gasteiger partial charge in [0.25, 0.3) is 20.2 Å². The lowest BCUT2D eigenvalue weighted by molar-refractivity contribution is 0.455. The van der Waals surface area contributed by atoms with E-state index in [1.54, 1.807) is 0 Å². The molecule has 0 aromatic carbocycles. The molecule has 0 saturated carbocycles. The molecule has 0 heterocycles. The first-order valence-electron chi connectivity index (χ1n) is 2.32. The molecular formula is C2H10N2O6S2. The van der Waals surface area contributed by atoms with Gasteiger partial charge in [-0.1, -0.05) is 0 Å². The Kier molecular flexibility index (Phi) is 4.89. The monoisotopic (exact) mass is 222 g/mol. The third kappa shape index (κ3) is 3.94. The summed E-state index contributed by atoms with van der Waals surface area (Å²) in [6.07, 6.45) is 0. The van der Waals surface area contributed by atoms with Gasteiger partial charge in [0, 0.05) is 6.54 Å². The highest BCUT2D eigenvalue weighted by Gasteiger charge is 2.33. The molecule has 76 valence electrons. The predicted octanol–water partition coefficient (Wildman–Crippen LogP) is -1.79. The molecule has 0 aromatic heterocycles. The van der Waals surface area contributed by atoms with Crippen molar-refractivity contribution in [3.63, 3.8) is 0 Å². The predicted molar refractivity (Wildman–Crippen MR) is 41.0 cm³/mol. The fraction of sp³-hybridized carbons (Fsp3) is 1.00. The van der Waals surface area contributed by atoms with E-state index in [0.29, 0.717) is 0 Å². The number of hydrogen-bond donors (Lipinski definition) is 4. The van der Waals surface area contributed by atoms with E-state index < -0.39 is 31.4 Å². The molecular weight excluding hydrogens is 212 g/mol. The average Bonchev–Trinajstić information content (AvgIpc) is 1.56. The molecule has 8 nitrogen and oxygen atoms in total. The van der Waals surface area contributed by atoms with Crippen molar-refractivity contribution >= 4 is 20.2 Å². The van der Waals surface area contributed by atoms with E-state index in [1.165, 1.54) is 0 Å². The van der Waals surface area contributed by atoms with Gasteiger partial charge in [-0.15, -0.1) is 0 Å². The summed E-state index contributed by atoms with van der Waals surface area (Å²) in [5, 5.41) is 0. The van der Waals surface area contributed by atoms with E-state index in [9.17, 15) is 16.8 Å². The standard InChI is InChI=1S/C2H7NO6S2.H3N/c3-1-2(10(4,5)6)11(7,8)9;/h2H,1,3H2,(H,4,5,6)(H,7,8,9);1H3. The van der Waals surface area contributed by atoms with Gasteiger partial charge in [0.05, 0.1) is 0 Å². The molecule has 0 unspecified atom stereocenters. The zero-order valence-corrected chi connectivity index (χ0v) is 7.55. The maximum absolute atomic E-state index is 10.1. The average molecular weight is 222 g/mol. The van der Waals surface area contributed by atoms with Crippen LogP contribution in [0.1, 0.15) is 0 Å². The summed E-state index contributed by atoms with van der Waals surface area (Å²) < 4.78 is 54.6. The van der Waals surface area contributed by atoms with Crippen molar-refractivity contribution < 1.29 is 25.9 Å². The highest BCUT2D eigenvalue weighted by atomic mass is 32.3. The van der Waals surface area contributed by atoms with Crippen LogP contribution < -0.4 is 11.9 Å². The third-order valence-corrected chi connectivity index (χ3v) is 4.03. The molecule has 10 heteroatoms. The van der Waals surface area contributed by atoms with E-state index in [1.807, 2.05) is 0 Å². The van der Waals surface area contributed by atoms with Crippen LogP contribution in [0.25, 0.3) is 0 Å². The highest BCUT2D eigenvalue weighted by Crippen LogP contribution is 2.03. The van der Waals surface area contributed by atoms with Gasteiger partial charge in [-0.3, -0.25) is 9.11 Å². The van der Waals surface area contributed by atoms with Gasteiger partial charge in [-0.05, 0) is 0 Å². The van der Waals surface area contributed by atoms with Crippen LogP contribution in [0.15, 0.2) is 0 Å². The van der Waals surface area contributed by atoms with Crippen molar-refractivity contribution in [3.8, 4) is 0 Å². The molecule has 0 amide bonds. The molecule has 0 aliphatic carbocycles. The Morgan fingerprint density at radius 2 is 1.33 bits per heavy atom. The lowest BCUT2D eigenvalue weighted by Crippen LogP contribution is -2.36. The minimum absolute atomic E-state index is 0. The van der Waals surface area contributed by atoms with Crippen LogP contribution in [0.2, 0.25) is 0 Å². The molecule has 0 fully saturated rings. The highest BCUT2D eigenvalue weighted by molar-refractivity contribution is 8.04. The van der Waals surface area contributed by atoms with Crippen LogP contribution in [0.3, 0.4) is 0 Å². The zero-order chi connectivity index (χ0) is 9.28. The maximum Gasteiger partial charge on any atom is 0.286 e. The fourth-order valence-electron chi connectivity index (χ4n) is 0.397. The van der Waals surface area contributed by atoms with Gasteiger partial charge in [0.1, 0.15) is 0 Å². The molecule has 0 aliphatic rings. The lowest BCUT2D eigenvalue weighted by atomic mass is 10.8. The first kappa shape index (κ1) is 14.3. The summed E-state index contributed by atoms with van der Waals surface area (Å²) >= 11 is 0. The second-order valence-corrected chi connectivity index (χ2v) is 5.19. The largest absolute Gasteiger partial charge is 0.344 e. The summed E-state index contributed by atoms with van der Waals surface area (Å²) in [7, 11) is -9.67. The Hall–Kier alpha value is -0.260. The topological polar surface area (TPSA) is 170 Å². The molecule has 12 heavy (non-hydrogen) atoms. The van der Waals surface area contributed by atoms with Crippen molar-refractivity contribution in [3.05, 3.63) is 0 Å². The minimum Gasteiger partial charge on any atom is -0.344 e. The second-order valence-electron chi connectivity index (χ2n) is 1.70. The van der Waals surface area contributed by atoms with Crippen molar-refractivity contribution in [1.29, 1.82) is 0 Å². The fourth-order valence-corrected chi connectivity index (χ4v) is 2.11. The molecule has 0 rings (SSSR count). The summed E-state index contributed by atoms with van der Waals surface area (Å²) in [5.74, 6) is 0. The van der Waals surface area contributed by atoms with E-state index in [-0.39, 0.29) is 6.15 Å². The van der Waals surface area contributed by atoms with E-state index >= 15 is 0 Å². The van der Waals surface area contributed by atoms with Gasteiger partial charge in [0.15, 0.2) is 0 Å². The summed E-state index contributed by atoms with van der Waals surface area (Å²) in [5.41, 5.74) is 4.67. The Morgan fingerprint density at radius 1 is 1.08 bits per heavy atom. The van der Waals surface area contributed by atoms with Gasteiger partial charge in [-0.25, -0.2) is 0 Å². The van der Waals surface area contributed by atoms with Gasteiger partial charge < -0.3 is 11.9 Å². The van der Waals surface area contributed by atoms with Crippen LogP contribution in [0.5, 0.6) is 0 Å². The summed E-state index contributed by atoms with van der Waals surface area (Å²) in [6, 6.07) is 0. The summed E-state index contributed by atoms with van der Waals surface area (Å²) in [6.45, 7) is -0.891. The molecule has 0 atom stereocenters. The third-order valence-electron chi connectivity index (χ3n) is 0.857. The lowest BCUT2D eigenvalue weighted by Gasteiger charge is -2.05. The van der Waals surface area contributed by atoms with Crippen molar-refractivity contribution in [2.75, 3.05) is 6.54 Å². The van der Waals surface area contributed by atoms with Gasteiger partial charge in [-0.2, -0.15) is 16.8 Å². The molecule has 0 bridgehead atoms. The molecule has 0 aliphatic heterocycles. The minimum atomic E-state index is -4.84. The van der Waals surface area contributed by atoms with Crippen molar-refractivity contribution in [2.45, 2.75) is 4.58 Å². The molecule has 0 radical (unpaired) electrons. The number of nitrogens with two attached hydrogens (primary N) is 1. The summed E-state index contributed by atoms with van der Waals surface area (Å²) in [4.78, 5) is 0. The van der Waals surface area contributed by atoms with Crippen LogP contribution in [-0.4, -0.2) is 37.1 Å². The Bertz CT molecular complexity index is 283. The van der Waals surface area contributed by atoms with Gasteiger partial charge in [0.2, 0.25) is 4.58 Å². The Balaban J connectivity index is 0. The van der Waals surface area contributed by atoms with E-state index in [0.717, 1.165) is 0 Å². The van der Waals surface area contributed by atoms with Crippen molar-refractivity contribution in [1.82, 2.24) is 6.15 Å². The first-order valence-corrected chi connectivity index (χ1v) is 5.33. The van der Waals surface area contributed by atoms with Gasteiger partial charge >= 0.3 is 0 Å². The Morgan fingerprint density at radius 3 is 1.33 bits per heavy atom. The Labute approximate surface area is 69.8 Å². The number of hydrogen-bond acceptors (Lipinski definition) is 6. The van der Waals surface area contributed by atoms with Crippen LogP contribution in [0.4, 0.5) is 0 Å². The van der Waals surface area contributed by atoms with Crippen molar-refractivity contribution in [2.24, 2.45) is 5.73 Å². The van der Waals surface area contributed by atoms with E-state index in [4.69, 9.17) is 9.11 Å². The van der Waals surface area contributed by atoms with Crippen LogP contribution >= 0.6 is 0 Å². The maximum atomic E-state index is 10.1. The second kappa shape index (κ2) is 4.11. The molecule has 0 spiro atoms. The van der Waals surface area contributed by atoms with Crippen LogP contribution in [-0.2, 0) is 20.2 Å². The zero-order valence-electron chi connectivity index (χ0n) is 5.91. The molecule has 7 N–H and O–H groups in total. The number of rotatable bonds is 3. The smallest absolute Gasteiger partial charge is 0.286 e. The first-order chi connectivity index (χ1) is 4.69. The van der Waals surface area contributed by atoms with E-state index in [2.05, 4.69) is 5.73 Å².